The van der Waals surface area contributed by atoms with E-state index in [0.717, 1.165) is 22.4 Å². The van der Waals surface area contributed by atoms with E-state index in [2.05, 4.69) is 11.1 Å². The van der Waals surface area contributed by atoms with Gasteiger partial charge in [0.2, 0.25) is 5.88 Å². The quantitative estimate of drug-likeness (QED) is 0.891. The molecule has 0 unspecified atom stereocenters. The van der Waals surface area contributed by atoms with Crippen molar-refractivity contribution in [1.29, 1.82) is 5.26 Å². The van der Waals surface area contributed by atoms with E-state index < -0.39 is 0 Å². The lowest BCUT2D eigenvalue weighted by atomic mass is 10.1. The fourth-order valence-electron chi connectivity index (χ4n) is 1.79. The number of aryl methyl sites for hydroxylation is 2. The molecule has 1 heterocycles. The molecule has 4 nitrogen and oxygen atoms in total. The lowest BCUT2D eigenvalue weighted by Crippen LogP contribution is -1.98. The van der Waals surface area contributed by atoms with Gasteiger partial charge in [-0.25, -0.2) is 4.98 Å². The van der Waals surface area contributed by atoms with E-state index in [1.807, 2.05) is 32.9 Å². The Hall–Kier alpha value is -2.54. The summed E-state index contributed by atoms with van der Waals surface area (Å²) in [6, 6.07) is 9.29. The van der Waals surface area contributed by atoms with Crippen molar-refractivity contribution < 1.29 is 4.74 Å². The highest BCUT2D eigenvalue weighted by atomic mass is 16.5. The number of hydrogen-bond donors (Lipinski definition) is 1. The molecule has 1 aromatic carbocycles. The van der Waals surface area contributed by atoms with Gasteiger partial charge in [-0.1, -0.05) is 12.1 Å². The molecule has 1 aromatic heterocycles. The maximum atomic E-state index is 8.91. The topological polar surface area (TPSA) is 71.9 Å². The molecule has 2 rings (SSSR count). The minimum atomic E-state index is 0.181. The van der Waals surface area contributed by atoms with Crippen LogP contribution in [0.3, 0.4) is 0 Å². The summed E-state index contributed by atoms with van der Waals surface area (Å²) < 4.78 is 5.80. The molecule has 0 bridgehead atoms. The summed E-state index contributed by atoms with van der Waals surface area (Å²) in [5.74, 6) is 1.16. The Bertz CT molecular complexity index is 672. The maximum Gasteiger partial charge on any atom is 0.220 e. The Morgan fingerprint density at radius 2 is 1.79 bits per heavy atom. The van der Waals surface area contributed by atoms with E-state index >= 15 is 0 Å². The zero-order valence-corrected chi connectivity index (χ0v) is 11.2. The summed E-state index contributed by atoms with van der Waals surface area (Å²) in [7, 11) is 0. The molecular formula is C15H15N3O. The third-order valence-corrected chi connectivity index (χ3v) is 3.09. The van der Waals surface area contributed by atoms with E-state index in [9.17, 15) is 0 Å². The van der Waals surface area contributed by atoms with Gasteiger partial charge in [0.05, 0.1) is 5.69 Å². The third kappa shape index (κ3) is 2.50. The molecule has 0 fully saturated rings. The van der Waals surface area contributed by atoms with Crippen molar-refractivity contribution in [2.45, 2.75) is 20.8 Å². The maximum absolute atomic E-state index is 8.91. The molecular weight excluding hydrogens is 238 g/mol. The van der Waals surface area contributed by atoms with Crippen LogP contribution >= 0.6 is 0 Å². The number of ether oxygens (including phenoxy) is 1. The molecule has 0 aliphatic carbocycles. The van der Waals surface area contributed by atoms with Gasteiger partial charge in [0.1, 0.15) is 11.8 Å². The number of nitrogens with zero attached hydrogens (tertiary/aromatic N) is 2. The fourth-order valence-corrected chi connectivity index (χ4v) is 1.79. The van der Waals surface area contributed by atoms with Crippen molar-refractivity contribution in [3.05, 3.63) is 46.6 Å². The molecule has 0 aliphatic rings. The summed E-state index contributed by atoms with van der Waals surface area (Å²) >= 11 is 0. The van der Waals surface area contributed by atoms with Crippen LogP contribution in [0.15, 0.2) is 24.3 Å². The van der Waals surface area contributed by atoms with E-state index in [-0.39, 0.29) is 5.69 Å². The van der Waals surface area contributed by atoms with E-state index in [0.29, 0.717) is 11.6 Å². The second-order valence-electron chi connectivity index (χ2n) is 4.45. The van der Waals surface area contributed by atoms with Crippen LogP contribution in [-0.4, -0.2) is 4.98 Å². The zero-order valence-electron chi connectivity index (χ0n) is 11.2. The van der Waals surface area contributed by atoms with Crippen molar-refractivity contribution in [3.8, 4) is 17.7 Å². The molecule has 0 spiro atoms. The Labute approximate surface area is 112 Å². The molecule has 2 aromatic rings. The van der Waals surface area contributed by atoms with Crippen molar-refractivity contribution >= 4 is 5.69 Å². The van der Waals surface area contributed by atoms with Crippen molar-refractivity contribution in [1.82, 2.24) is 4.98 Å². The van der Waals surface area contributed by atoms with Gasteiger partial charge >= 0.3 is 0 Å². The van der Waals surface area contributed by atoms with Gasteiger partial charge in [-0.2, -0.15) is 5.26 Å². The van der Waals surface area contributed by atoms with Crippen LogP contribution in [0, 0.1) is 32.1 Å². The highest BCUT2D eigenvalue weighted by Crippen LogP contribution is 2.30. The summed E-state index contributed by atoms with van der Waals surface area (Å²) in [5, 5.41) is 8.91. The van der Waals surface area contributed by atoms with Gasteiger partial charge in [-0.3, -0.25) is 0 Å². The highest BCUT2D eigenvalue weighted by Gasteiger charge is 2.10. The van der Waals surface area contributed by atoms with Crippen molar-refractivity contribution in [2.24, 2.45) is 0 Å². The minimum absolute atomic E-state index is 0.181. The third-order valence-electron chi connectivity index (χ3n) is 3.09. The summed E-state index contributed by atoms with van der Waals surface area (Å²) in [5.41, 5.74) is 9.42. The van der Waals surface area contributed by atoms with Gasteiger partial charge in [0.25, 0.3) is 0 Å². The van der Waals surface area contributed by atoms with Crippen LogP contribution in [-0.2, 0) is 0 Å². The lowest BCUT2D eigenvalue weighted by Gasteiger charge is -2.13. The summed E-state index contributed by atoms with van der Waals surface area (Å²) in [6.45, 7) is 6.00. The molecule has 0 saturated carbocycles. The number of nitriles is 1. The molecule has 0 atom stereocenters. The monoisotopic (exact) mass is 253 g/mol. The van der Waals surface area contributed by atoms with Gasteiger partial charge in [-0.15, -0.1) is 0 Å². The minimum Gasteiger partial charge on any atom is -0.438 e. The normalized spacial score (nSPS) is 10.0. The first-order valence-electron chi connectivity index (χ1n) is 5.94. The second kappa shape index (κ2) is 4.99. The Kier molecular flexibility index (Phi) is 3.39. The van der Waals surface area contributed by atoms with Gasteiger partial charge < -0.3 is 10.5 Å². The molecule has 96 valence electrons. The molecule has 0 radical (unpaired) electrons. The van der Waals surface area contributed by atoms with Crippen LogP contribution in [0.2, 0.25) is 0 Å². The lowest BCUT2D eigenvalue weighted by molar-refractivity contribution is 0.455. The van der Waals surface area contributed by atoms with Crippen LogP contribution in [0.1, 0.15) is 22.4 Å². The van der Waals surface area contributed by atoms with Gasteiger partial charge in [0.15, 0.2) is 5.69 Å². The summed E-state index contributed by atoms with van der Waals surface area (Å²) in [6.07, 6.45) is 0. The standard InChI is InChI=1S/C15H15N3O/c1-9-4-5-10(2)15(11(9)3)19-14-7-6-12(17)13(8-16)18-14/h4-7H,17H2,1-3H3. The number of pyridine rings is 1. The average molecular weight is 253 g/mol. The van der Waals surface area contributed by atoms with E-state index in [1.54, 1.807) is 12.1 Å². The zero-order chi connectivity index (χ0) is 14.0. The fraction of sp³-hybridized carbons (Fsp3) is 0.200. The van der Waals surface area contributed by atoms with Crippen LogP contribution < -0.4 is 10.5 Å². The molecule has 0 aliphatic heterocycles. The molecule has 2 N–H and O–H groups in total. The first-order chi connectivity index (χ1) is 9.02. The number of nitrogen functional groups attached to an aromatic ring is 1. The number of nitrogens with two attached hydrogens (primary N) is 1. The van der Waals surface area contributed by atoms with Crippen LogP contribution in [0.5, 0.6) is 11.6 Å². The number of rotatable bonds is 2. The highest BCUT2D eigenvalue weighted by molar-refractivity contribution is 5.52. The molecule has 0 amide bonds. The van der Waals surface area contributed by atoms with E-state index in [1.165, 1.54) is 0 Å². The van der Waals surface area contributed by atoms with Gasteiger partial charge in [-0.05, 0) is 43.5 Å². The SMILES string of the molecule is Cc1ccc(C)c(Oc2ccc(N)c(C#N)n2)c1C. The number of benzene rings is 1. The first-order valence-corrected chi connectivity index (χ1v) is 5.94. The van der Waals surface area contributed by atoms with Crippen LogP contribution in [0.4, 0.5) is 5.69 Å². The number of aromatic nitrogens is 1. The molecule has 0 saturated heterocycles. The average Bonchev–Trinajstić information content (AvgIpc) is 2.41. The smallest absolute Gasteiger partial charge is 0.220 e. The Balaban J connectivity index is 2.42. The summed E-state index contributed by atoms with van der Waals surface area (Å²) in [4.78, 5) is 4.09. The van der Waals surface area contributed by atoms with Crippen LogP contribution in [0.25, 0.3) is 0 Å². The van der Waals surface area contributed by atoms with E-state index in [4.69, 9.17) is 15.7 Å². The number of anilines is 1. The predicted octanol–water partition coefficient (Wildman–Crippen LogP) is 3.25. The Morgan fingerprint density at radius 1 is 1.11 bits per heavy atom. The first kappa shape index (κ1) is 12.9. The second-order valence-corrected chi connectivity index (χ2v) is 4.45. The van der Waals surface area contributed by atoms with Crippen molar-refractivity contribution in [3.63, 3.8) is 0 Å². The molecule has 19 heavy (non-hydrogen) atoms. The largest absolute Gasteiger partial charge is 0.438 e. The van der Waals surface area contributed by atoms with Crippen molar-refractivity contribution in [2.75, 3.05) is 5.73 Å². The number of hydrogen-bond acceptors (Lipinski definition) is 4. The van der Waals surface area contributed by atoms with Gasteiger partial charge in [0, 0.05) is 6.07 Å². The molecule has 4 heteroatoms. The Morgan fingerprint density at radius 3 is 2.47 bits per heavy atom. The predicted molar refractivity (Wildman–Crippen MR) is 74.1 cm³/mol.